The van der Waals surface area contributed by atoms with Gasteiger partial charge in [-0.15, -0.1) is 0 Å². The van der Waals surface area contributed by atoms with Gasteiger partial charge in [0.1, 0.15) is 5.75 Å². The Balaban J connectivity index is 2.05. The van der Waals surface area contributed by atoms with Gasteiger partial charge in [0.2, 0.25) is 0 Å². The highest BCUT2D eigenvalue weighted by Gasteiger charge is 2.24. The maximum atomic E-state index is 5.67. The summed E-state index contributed by atoms with van der Waals surface area (Å²) in [4.78, 5) is 2.57. The van der Waals surface area contributed by atoms with E-state index in [-0.39, 0.29) is 0 Å². The number of nitrogens with zero attached hydrogens (tertiary/aromatic N) is 1. The van der Waals surface area contributed by atoms with E-state index in [2.05, 4.69) is 36.9 Å². The van der Waals surface area contributed by atoms with Crippen LogP contribution in [0.1, 0.15) is 43.4 Å². The van der Waals surface area contributed by atoms with E-state index in [1.165, 1.54) is 43.5 Å². The Morgan fingerprint density at radius 3 is 2.65 bits per heavy atom. The molecule has 0 aromatic heterocycles. The molecule has 1 aliphatic rings. The highest BCUT2D eigenvalue weighted by atomic mass is 16.5. The van der Waals surface area contributed by atoms with Crippen LogP contribution in [0.25, 0.3) is 0 Å². The number of likely N-dealkylation sites (tertiary alicyclic amines) is 1. The molecule has 0 bridgehead atoms. The molecule has 20 heavy (non-hydrogen) atoms. The van der Waals surface area contributed by atoms with Gasteiger partial charge in [-0.2, -0.15) is 0 Å². The van der Waals surface area contributed by atoms with Gasteiger partial charge >= 0.3 is 0 Å². The number of nitrogens with two attached hydrogens (primary N) is 1. The van der Waals surface area contributed by atoms with Gasteiger partial charge in [-0.3, -0.25) is 4.90 Å². The molecule has 3 heteroatoms. The fraction of sp³-hybridized carbons (Fsp3) is 0.647. The molecule has 0 radical (unpaired) electrons. The van der Waals surface area contributed by atoms with Crippen molar-refractivity contribution < 1.29 is 4.74 Å². The lowest BCUT2D eigenvalue weighted by Gasteiger charge is -2.36. The second-order valence-electron chi connectivity index (χ2n) is 5.98. The Bertz CT molecular complexity index is 425. The van der Waals surface area contributed by atoms with E-state index in [4.69, 9.17) is 10.5 Å². The SMILES string of the molecule is COc1ccc(C)cc1C(C)N1CCC(CCN)CC1. The molecular formula is C17H28N2O. The van der Waals surface area contributed by atoms with Crippen LogP contribution in [-0.2, 0) is 0 Å². The van der Waals surface area contributed by atoms with Gasteiger partial charge < -0.3 is 10.5 Å². The second kappa shape index (κ2) is 7.09. The first-order valence-corrected chi connectivity index (χ1v) is 7.74. The van der Waals surface area contributed by atoms with E-state index in [1.54, 1.807) is 7.11 Å². The summed E-state index contributed by atoms with van der Waals surface area (Å²) >= 11 is 0. The largest absolute Gasteiger partial charge is 0.496 e. The van der Waals surface area contributed by atoms with Crippen molar-refractivity contribution in [3.8, 4) is 5.75 Å². The summed E-state index contributed by atoms with van der Waals surface area (Å²) in [6.07, 6.45) is 3.72. The summed E-state index contributed by atoms with van der Waals surface area (Å²) in [5, 5.41) is 0. The first-order chi connectivity index (χ1) is 9.65. The van der Waals surface area contributed by atoms with Crippen molar-refractivity contribution in [3.63, 3.8) is 0 Å². The molecule has 1 aliphatic heterocycles. The van der Waals surface area contributed by atoms with Gasteiger partial charge in [0.15, 0.2) is 0 Å². The van der Waals surface area contributed by atoms with Gasteiger partial charge in [-0.05, 0) is 64.7 Å². The first kappa shape index (κ1) is 15.3. The van der Waals surface area contributed by atoms with Crippen LogP contribution in [0.4, 0.5) is 0 Å². The Labute approximate surface area is 123 Å². The summed E-state index contributed by atoms with van der Waals surface area (Å²) in [6.45, 7) is 7.60. The molecule has 0 amide bonds. The molecule has 0 aliphatic carbocycles. The van der Waals surface area contributed by atoms with Crippen molar-refractivity contribution in [2.75, 3.05) is 26.7 Å². The number of ether oxygens (including phenoxy) is 1. The molecule has 1 aromatic carbocycles. The molecular weight excluding hydrogens is 248 g/mol. The standard InChI is InChI=1S/C17H28N2O/c1-13-4-5-17(20-3)16(12-13)14(2)19-10-7-15(6-9-18)8-11-19/h4-5,12,14-15H,6-11,18H2,1-3H3. The van der Waals surface area contributed by atoms with E-state index in [0.717, 1.165) is 18.2 Å². The average molecular weight is 276 g/mol. The molecule has 112 valence electrons. The van der Waals surface area contributed by atoms with Crippen LogP contribution < -0.4 is 10.5 Å². The Kier molecular flexibility index (Phi) is 5.44. The number of piperidine rings is 1. The molecule has 1 aromatic rings. The number of aryl methyl sites for hydroxylation is 1. The van der Waals surface area contributed by atoms with Gasteiger partial charge in [0.25, 0.3) is 0 Å². The smallest absolute Gasteiger partial charge is 0.123 e. The lowest BCUT2D eigenvalue weighted by atomic mass is 9.91. The normalized spacial score (nSPS) is 19.0. The second-order valence-corrected chi connectivity index (χ2v) is 5.98. The minimum atomic E-state index is 0.420. The average Bonchev–Trinajstić information content (AvgIpc) is 2.47. The fourth-order valence-corrected chi connectivity index (χ4v) is 3.24. The monoisotopic (exact) mass is 276 g/mol. The van der Waals surface area contributed by atoms with E-state index in [9.17, 15) is 0 Å². The lowest BCUT2D eigenvalue weighted by Crippen LogP contribution is -2.36. The third-order valence-electron chi connectivity index (χ3n) is 4.61. The van der Waals surface area contributed by atoms with Gasteiger partial charge in [-0.25, -0.2) is 0 Å². The van der Waals surface area contributed by atoms with E-state index in [0.29, 0.717) is 6.04 Å². The summed E-state index contributed by atoms with van der Waals surface area (Å²) in [5.74, 6) is 1.83. The van der Waals surface area contributed by atoms with Crippen molar-refractivity contribution in [1.82, 2.24) is 4.90 Å². The molecule has 0 spiro atoms. The zero-order chi connectivity index (χ0) is 14.5. The molecule has 1 saturated heterocycles. The van der Waals surface area contributed by atoms with Crippen LogP contribution in [0.2, 0.25) is 0 Å². The summed E-state index contributed by atoms with van der Waals surface area (Å²) in [5.41, 5.74) is 8.28. The van der Waals surface area contributed by atoms with Crippen molar-refractivity contribution in [2.45, 2.75) is 39.2 Å². The maximum absolute atomic E-state index is 5.67. The topological polar surface area (TPSA) is 38.5 Å². The number of hydrogen-bond donors (Lipinski definition) is 1. The Morgan fingerprint density at radius 2 is 2.05 bits per heavy atom. The number of hydrogen-bond acceptors (Lipinski definition) is 3. The number of benzene rings is 1. The van der Waals surface area contributed by atoms with Crippen LogP contribution in [0.5, 0.6) is 5.75 Å². The highest BCUT2D eigenvalue weighted by Crippen LogP contribution is 2.33. The van der Waals surface area contributed by atoms with Gasteiger partial charge in [0, 0.05) is 11.6 Å². The molecule has 2 rings (SSSR count). The minimum absolute atomic E-state index is 0.420. The molecule has 1 unspecified atom stereocenters. The summed E-state index contributed by atoms with van der Waals surface area (Å²) in [7, 11) is 1.76. The maximum Gasteiger partial charge on any atom is 0.123 e. The van der Waals surface area contributed by atoms with Crippen molar-refractivity contribution in [3.05, 3.63) is 29.3 Å². The molecule has 3 nitrogen and oxygen atoms in total. The van der Waals surface area contributed by atoms with Crippen LogP contribution in [0, 0.1) is 12.8 Å². The van der Waals surface area contributed by atoms with E-state index < -0.39 is 0 Å². The molecule has 1 fully saturated rings. The van der Waals surface area contributed by atoms with Crippen molar-refractivity contribution in [2.24, 2.45) is 11.7 Å². The molecule has 1 atom stereocenters. The first-order valence-electron chi connectivity index (χ1n) is 7.74. The summed E-state index contributed by atoms with van der Waals surface area (Å²) in [6, 6.07) is 6.88. The summed E-state index contributed by atoms with van der Waals surface area (Å²) < 4.78 is 5.53. The van der Waals surface area contributed by atoms with Gasteiger partial charge in [0.05, 0.1) is 7.11 Å². The molecule has 2 N–H and O–H groups in total. The Hall–Kier alpha value is -1.06. The van der Waals surface area contributed by atoms with Crippen LogP contribution in [0.15, 0.2) is 18.2 Å². The third kappa shape index (κ3) is 3.53. The van der Waals surface area contributed by atoms with E-state index >= 15 is 0 Å². The fourth-order valence-electron chi connectivity index (χ4n) is 3.24. The quantitative estimate of drug-likeness (QED) is 0.898. The van der Waals surface area contributed by atoms with Crippen LogP contribution in [0.3, 0.4) is 0 Å². The number of rotatable bonds is 5. The van der Waals surface area contributed by atoms with Crippen molar-refractivity contribution in [1.29, 1.82) is 0 Å². The minimum Gasteiger partial charge on any atom is -0.496 e. The molecule has 0 saturated carbocycles. The van der Waals surface area contributed by atoms with Gasteiger partial charge in [-0.1, -0.05) is 17.7 Å². The van der Waals surface area contributed by atoms with E-state index in [1.807, 2.05) is 0 Å². The lowest BCUT2D eigenvalue weighted by molar-refractivity contribution is 0.136. The predicted molar refractivity (Wildman–Crippen MR) is 84.1 cm³/mol. The third-order valence-corrected chi connectivity index (χ3v) is 4.61. The highest BCUT2D eigenvalue weighted by molar-refractivity contribution is 5.39. The van der Waals surface area contributed by atoms with Crippen molar-refractivity contribution >= 4 is 0 Å². The Morgan fingerprint density at radius 1 is 1.35 bits per heavy atom. The van der Waals surface area contributed by atoms with Crippen LogP contribution in [-0.4, -0.2) is 31.6 Å². The zero-order valence-corrected chi connectivity index (χ0v) is 13.1. The predicted octanol–water partition coefficient (Wildman–Crippen LogP) is 3.13. The zero-order valence-electron chi connectivity index (χ0n) is 13.1. The number of methoxy groups -OCH3 is 1. The van der Waals surface area contributed by atoms with Crippen LogP contribution >= 0.6 is 0 Å². The molecule has 1 heterocycles.